The Morgan fingerprint density at radius 2 is 1.74 bits per heavy atom. The summed E-state index contributed by atoms with van der Waals surface area (Å²) < 4.78 is 10.6. The number of allylic oxidation sites excluding steroid dienone is 2. The molecule has 4 saturated carbocycles. The fourth-order valence-corrected chi connectivity index (χ4v) is 9.18. The molecule has 0 bridgehead atoms. The van der Waals surface area contributed by atoms with Crippen LogP contribution in [0.4, 0.5) is 0 Å². The predicted octanol–water partition coefficient (Wildman–Crippen LogP) is 6.29. The number of ketones is 1. The summed E-state index contributed by atoms with van der Waals surface area (Å²) in [6.45, 7) is 11.0. The lowest BCUT2D eigenvalue weighted by atomic mass is 9.43. The first-order valence-electron chi connectivity index (χ1n) is 14.1. The van der Waals surface area contributed by atoms with Crippen LogP contribution in [0.3, 0.4) is 0 Å². The molecule has 0 aromatic carbocycles. The molecule has 0 spiro atoms. The van der Waals surface area contributed by atoms with Gasteiger partial charge in [0.05, 0.1) is 7.11 Å². The van der Waals surface area contributed by atoms with Crippen LogP contribution in [-0.2, 0) is 23.9 Å². The fraction of sp³-hybridized carbons (Fsp3) is 0.833. The number of Topliss-reactive ketones (excluding diaryl/α,β-unsaturated/α-hetero) is 1. The molecule has 196 valence electrons. The molecule has 0 aromatic heterocycles. The zero-order valence-corrected chi connectivity index (χ0v) is 22.7. The molecule has 4 fully saturated rings. The van der Waals surface area contributed by atoms with Gasteiger partial charge in [-0.05, 0) is 104 Å². The fourth-order valence-electron chi connectivity index (χ4n) is 9.18. The average molecular weight is 487 g/mol. The van der Waals surface area contributed by atoms with Crippen LogP contribution in [0.5, 0.6) is 0 Å². The highest BCUT2D eigenvalue weighted by molar-refractivity contribution is 5.99. The average Bonchev–Trinajstić information content (AvgIpc) is 3.20. The Balaban J connectivity index is 1.57. The second-order valence-corrected chi connectivity index (χ2v) is 12.5. The number of hydrogen-bond donors (Lipinski definition) is 0. The van der Waals surface area contributed by atoms with Crippen molar-refractivity contribution in [3.63, 3.8) is 0 Å². The lowest BCUT2D eigenvalue weighted by Crippen LogP contribution is -2.58. The van der Waals surface area contributed by atoms with E-state index in [4.69, 9.17) is 9.47 Å². The lowest BCUT2D eigenvalue weighted by Gasteiger charge is -2.61. The number of esters is 2. The van der Waals surface area contributed by atoms with Crippen LogP contribution in [0, 0.1) is 46.3 Å². The molecule has 4 aliphatic rings. The van der Waals surface area contributed by atoms with E-state index in [9.17, 15) is 14.4 Å². The minimum atomic E-state index is -0.132. The third-order valence-electron chi connectivity index (χ3n) is 11.1. The van der Waals surface area contributed by atoms with Gasteiger partial charge in [-0.25, -0.2) is 0 Å². The van der Waals surface area contributed by atoms with E-state index in [2.05, 4.69) is 26.8 Å². The van der Waals surface area contributed by atoms with Gasteiger partial charge in [0.2, 0.25) is 0 Å². The number of hydrogen-bond acceptors (Lipinski definition) is 5. The van der Waals surface area contributed by atoms with Crippen molar-refractivity contribution in [2.24, 2.45) is 46.3 Å². The standard InChI is InChI=1S/C30H46O5/c1-7-20-24-17-19(35-25(31)8-2)13-15-30(24,5)23-14-16-29(4)21(18(3)9-12-26(32)34-6)10-11-22(29)27(23)28(20)33/h7,18-19,21-24,27H,8-17H2,1-6H3/b20-7-/t18-,19-,21-,22+,23+,24+,27+,29-,30-/m1/s1. The van der Waals surface area contributed by atoms with Crippen molar-refractivity contribution in [1.29, 1.82) is 0 Å². The van der Waals surface area contributed by atoms with Crippen LogP contribution in [0.2, 0.25) is 0 Å². The summed E-state index contributed by atoms with van der Waals surface area (Å²) >= 11 is 0. The molecule has 0 amide bonds. The minimum absolute atomic E-state index is 0.0693. The number of rotatable bonds is 6. The smallest absolute Gasteiger partial charge is 0.305 e. The number of fused-ring (bicyclic) bond motifs is 5. The van der Waals surface area contributed by atoms with Crippen molar-refractivity contribution >= 4 is 17.7 Å². The number of methoxy groups -OCH3 is 1. The van der Waals surface area contributed by atoms with Crippen LogP contribution in [0.1, 0.15) is 98.8 Å². The normalized spacial score (nSPS) is 42.6. The van der Waals surface area contributed by atoms with E-state index < -0.39 is 0 Å². The van der Waals surface area contributed by atoms with Gasteiger partial charge >= 0.3 is 11.9 Å². The Labute approximate surface area is 211 Å². The van der Waals surface area contributed by atoms with Gasteiger partial charge in [0.25, 0.3) is 0 Å². The molecule has 5 nitrogen and oxygen atoms in total. The van der Waals surface area contributed by atoms with Crippen LogP contribution in [0.15, 0.2) is 11.6 Å². The van der Waals surface area contributed by atoms with E-state index in [1.165, 1.54) is 13.5 Å². The van der Waals surface area contributed by atoms with Crippen molar-refractivity contribution in [3.8, 4) is 0 Å². The van der Waals surface area contributed by atoms with Gasteiger partial charge in [-0.2, -0.15) is 0 Å². The summed E-state index contributed by atoms with van der Waals surface area (Å²) in [5.74, 6) is 2.24. The van der Waals surface area contributed by atoms with Crippen molar-refractivity contribution in [2.45, 2.75) is 105 Å². The highest BCUT2D eigenvalue weighted by Gasteiger charge is 2.64. The number of ether oxygens (including phenoxy) is 2. The molecule has 0 heterocycles. The molecule has 35 heavy (non-hydrogen) atoms. The highest BCUT2D eigenvalue weighted by atomic mass is 16.5. The first-order valence-corrected chi connectivity index (χ1v) is 14.1. The summed E-state index contributed by atoms with van der Waals surface area (Å²) in [6.07, 6.45) is 11.0. The summed E-state index contributed by atoms with van der Waals surface area (Å²) in [5.41, 5.74) is 1.24. The third-order valence-corrected chi connectivity index (χ3v) is 11.1. The van der Waals surface area contributed by atoms with E-state index in [1.54, 1.807) is 0 Å². The van der Waals surface area contributed by atoms with E-state index in [-0.39, 0.29) is 40.7 Å². The summed E-state index contributed by atoms with van der Waals surface area (Å²) in [6, 6.07) is 0. The Kier molecular flexibility index (Phi) is 7.56. The third kappa shape index (κ3) is 4.39. The van der Waals surface area contributed by atoms with Gasteiger partial charge in [-0.1, -0.05) is 33.8 Å². The maximum atomic E-state index is 14.2. The maximum Gasteiger partial charge on any atom is 0.305 e. The predicted molar refractivity (Wildman–Crippen MR) is 135 cm³/mol. The Hall–Kier alpha value is -1.65. The van der Waals surface area contributed by atoms with Gasteiger partial charge < -0.3 is 9.47 Å². The first-order chi connectivity index (χ1) is 16.6. The van der Waals surface area contributed by atoms with Crippen molar-refractivity contribution in [2.75, 3.05) is 7.11 Å². The summed E-state index contributed by atoms with van der Waals surface area (Å²) in [4.78, 5) is 37.9. The van der Waals surface area contributed by atoms with Crippen LogP contribution < -0.4 is 0 Å². The first kappa shape index (κ1) is 26.4. The molecule has 0 aliphatic heterocycles. The molecule has 4 rings (SSSR count). The Morgan fingerprint density at radius 3 is 2.40 bits per heavy atom. The minimum Gasteiger partial charge on any atom is -0.469 e. The highest BCUT2D eigenvalue weighted by Crippen LogP contribution is 2.68. The number of carbonyl (C=O) groups excluding carboxylic acids is 3. The van der Waals surface area contributed by atoms with Gasteiger partial charge in [-0.15, -0.1) is 0 Å². The molecule has 0 radical (unpaired) electrons. The van der Waals surface area contributed by atoms with Crippen LogP contribution in [-0.4, -0.2) is 30.9 Å². The van der Waals surface area contributed by atoms with Gasteiger partial charge in [0, 0.05) is 18.8 Å². The Morgan fingerprint density at radius 1 is 1.06 bits per heavy atom. The zero-order chi connectivity index (χ0) is 25.5. The van der Waals surface area contributed by atoms with E-state index in [1.807, 2.05) is 13.8 Å². The molecule has 0 unspecified atom stereocenters. The summed E-state index contributed by atoms with van der Waals surface area (Å²) in [7, 11) is 1.46. The van der Waals surface area contributed by atoms with Crippen molar-refractivity contribution < 1.29 is 23.9 Å². The van der Waals surface area contributed by atoms with Gasteiger partial charge in [0.1, 0.15) is 6.10 Å². The van der Waals surface area contributed by atoms with Gasteiger partial charge in [0.15, 0.2) is 5.78 Å². The van der Waals surface area contributed by atoms with Crippen LogP contribution in [0.25, 0.3) is 0 Å². The molecular weight excluding hydrogens is 440 g/mol. The molecule has 0 saturated heterocycles. The van der Waals surface area contributed by atoms with Crippen LogP contribution >= 0.6 is 0 Å². The van der Waals surface area contributed by atoms with Crippen molar-refractivity contribution in [3.05, 3.63) is 11.6 Å². The quantitative estimate of drug-likeness (QED) is 0.326. The molecule has 4 aliphatic carbocycles. The Bertz CT molecular complexity index is 876. The van der Waals surface area contributed by atoms with E-state index in [0.29, 0.717) is 42.3 Å². The molecule has 5 heteroatoms. The number of carbonyl (C=O) groups is 3. The largest absolute Gasteiger partial charge is 0.469 e. The second-order valence-electron chi connectivity index (χ2n) is 12.5. The summed E-state index contributed by atoms with van der Waals surface area (Å²) in [5, 5.41) is 0. The molecule has 0 N–H and O–H groups in total. The van der Waals surface area contributed by atoms with Crippen molar-refractivity contribution in [1.82, 2.24) is 0 Å². The zero-order valence-electron chi connectivity index (χ0n) is 22.7. The van der Waals surface area contributed by atoms with E-state index in [0.717, 1.165) is 50.5 Å². The molecule has 9 atom stereocenters. The van der Waals surface area contributed by atoms with E-state index >= 15 is 0 Å². The SMILES string of the molecule is C/C=C1\C(=O)[C@@H]2[C@H](CC[C@]3(C)[C@@H]([C@H](C)CCC(=O)OC)CC[C@@H]23)[C@@]2(C)CC[C@@H](OC(=O)CC)C[C@@H]12. The molecular formula is C30H46O5. The lowest BCUT2D eigenvalue weighted by molar-refractivity contribution is -0.161. The molecule has 0 aromatic rings. The monoisotopic (exact) mass is 486 g/mol. The topological polar surface area (TPSA) is 69.7 Å². The maximum absolute atomic E-state index is 14.2. The van der Waals surface area contributed by atoms with Gasteiger partial charge in [-0.3, -0.25) is 14.4 Å². The second kappa shape index (κ2) is 10.0.